The van der Waals surface area contributed by atoms with Gasteiger partial charge in [0.1, 0.15) is 5.76 Å². The van der Waals surface area contributed by atoms with Gasteiger partial charge in [-0.25, -0.2) is 0 Å². The lowest BCUT2D eigenvalue weighted by Crippen LogP contribution is -2.44. The number of hydrogen-bond donors (Lipinski definition) is 1. The fourth-order valence-electron chi connectivity index (χ4n) is 2.77. The van der Waals surface area contributed by atoms with Crippen LogP contribution in [0.2, 0.25) is 0 Å². The highest BCUT2D eigenvalue weighted by atomic mass is 16.3. The third kappa shape index (κ3) is 1.42. The van der Waals surface area contributed by atoms with Gasteiger partial charge in [-0.1, -0.05) is 19.9 Å². The molecule has 3 nitrogen and oxygen atoms in total. The van der Waals surface area contributed by atoms with Crippen LogP contribution in [0.1, 0.15) is 33.1 Å². The molecule has 1 atom stereocenters. The van der Waals surface area contributed by atoms with Crippen LogP contribution in [-0.2, 0) is 9.59 Å². The van der Waals surface area contributed by atoms with Crippen molar-refractivity contribution in [3.05, 3.63) is 24.0 Å². The van der Waals surface area contributed by atoms with Gasteiger partial charge in [-0.05, 0) is 17.9 Å². The number of hydrogen-bond acceptors (Lipinski definition) is 3. The van der Waals surface area contributed by atoms with E-state index in [-0.39, 0.29) is 22.7 Å². The van der Waals surface area contributed by atoms with E-state index in [0.29, 0.717) is 19.3 Å². The van der Waals surface area contributed by atoms with Crippen molar-refractivity contribution in [3.63, 3.8) is 0 Å². The molecular weight excluding hydrogens is 204 g/mol. The van der Waals surface area contributed by atoms with Gasteiger partial charge >= 0.3 is 0 Å². The molecule has 0 aromatic heterocycles. The normalized spacial score (nSPS) is 33.0. The Morgan fingerprint density at radius 3 is 2.44 bits per heavy atom. The molecule has 0 fully saturated rings. The van der Waals surface area contributed by atoms with Crippen LogP contribution in [-0.4, -0.2) is 16.7 Å². The van der Waals surface area contributed by atoms with Crippen LogP contribution in [0.15, 0.2) is 24.0 Å². The molecule has 0 saturated heterocycles. The average Bonchev–Trinajstić information content (AvgIpc) is 2.15. The highest BCUT2D eigenvalue weighted by Gasteiger charge is 2.50. The molecule has 1 unspecified atom stereocenters. The Kier molecular flexibility index (Phi) is 2.30. The Morgan fingerprint density at radius 2 is 1.94 bits per heavy atom. The lowest BCUT2D eigenvalue weighted by atomic mass is 9.56. The van der Waals surface area contributed by atoms with E-state index in [1.807, 2.05) is 13.8 Å². The summed E-state index contributed by atoms with van der Waals surface area (Å²) < 4.78 is 0. The zero-order chi connectivity index (χ0) is 12.0. The number of carbonyl (C=O) groups is 2. The summed E-state index contributed by atoms with van der Waals surface area (Å²) in [5, 5.41) is 10.1. The fourth-order valence-corrected chi connectivity index (χ4v) is 2.77. The molecule has 1 N–H and O–H groups in total. The van der Waals surface area contributed by atoms with Gasteiger partial charge in [0.15, 0.2) is 11.6 Å². The molecule has 0 aromatic rings. The number of rotatable bonds is 0. The largest absolute Gasteiger partial charge is 0.511 e. The molecule has 2 aliphatic rings. The molecule has 0 bridgehead atoms. The Hall–Kier alpha value is -1.38. The van der Waals surface area contributed by atoms with Crippen LogP contribution in [0.5, 0.6) is 0 Å². The first-order chi connectivity index (χ1) is 7.37. The average molecular weight is 220 g/mol. The summed E-state index contributed by atoms with van der Waals surface area (Å²) in [6, 6.07) is 0. The summed E-state index contributed by atoms with van der Waals surface area (Å²) in [5.74, 6) is 0.155. The van der Waals surface area contributed by atoms with Crippen molar-refractivity contribution in [1.82, 2.24) is 0 Å². The van der Waals surface area contributed by atoms with Crippen LogP contribution >= 0.6 is 0 Å². The molecule has 2 aliphatic carbocycles. The summed E-state index contributed by atoms with van der Waals surface area (Å²) in [6.45, 7) is 3.93. The molecule has 3 heteroatoms. The van der Waals surface area contributed by atoms with Crippen molar-refractivity contribution in [3.8, 4) is 0 Å². The molecule has 0 saturated carbocycles. The number of ketones is 2. The van der Waals surface area contributed by atoms with E-state index >= 15 is 0 Å². The molecule has 16 heavy (non-hydrogen) atoms. The molecule has 86 valence electrons. The van der Waals surface area contributed by atoms with Crippen molar-refractivity contribution in [2.45, 2.75) is 33.1 Å². The number of carbonyl (C=O) groups excluding carboxylic acids is 2. The molecule has 0 aliphatic heterocycles. The standard InChI is InChI=1S/C13H16O3/c1-12(2)8-10(15)7-11(16)13(12)5-3-9(14)4-6-13/h3,5,7,16H,4,6,8H2,1-2H3. The SMILES string of the molecule is CC1(C)CC(=O)C=C(O)C12C=CC(=O)CC2. The second-order valence-corrected chi connectivity index (χ2v) is 5.33. The van der Waals surface area contributed by atoms with Crippen LogP contribution < -0.4 is 0 Å². The van der Waals surface area contributed by atoms with E-state index in [0.717, 1.165) is 0 Å². The second kappa shape index (κ2) is 3.30. The zero-order valence-electron chi connectivity index (χ0n) is 9.62. The van der Waals surface area contributed by atoms with Gasteiger partial charge in [0.05, 0.1) is 5.41 Å². The van der Waals surface area contributed by atoms with Crippen molar-refractivity contribution in [2.24, 2.45) is 10.8 Å². The van der Waals surface area contributed by atoms with Crippen molar-refractivity contribution in [2.75, 3.05) is 0 Å². The van der Waals surface area contributed by atoms with Gasteiger partial charge in [-0.15, -0.1) is 0 Å². The molecule has 0 aromatic carbocycles. The Balaban J connectivity index is 2.52. The lowest BCUT2D eigenvalue weighted by molar-refractivity contribution is -0.120. The minimum Gasteiger partial charge on any atom is -0.511 e. The van der Waals surface area contributed by atoms with E-state index in [9.17, 15) is 14.7 Å². The van der Waals surface area contributed by atoms with Gasteiger partial charge < -0.3 is 5.11 Å². The zero-order valence-corrected chi connectivity index (χ0v) is 9.62. The van der Waals surface area contributed by atoms with Crippen molar-refractivity contribution < 1.29 is 14.7 Å². The van der Waals surface area contributed by atoms with Gasteiger partial charge in [-0.2, -0.15) is 0 Å². The highest BCUT2D eigenvalue weighted by Crippen LogP contribution is 2.54. The number of aliphatic hydroxyl groups excluding tert-OH is 1. The fraction of sp³-hybridized carbons (Fsp3) is 0.538. The maximum absolute atomic E-state index is 11.5. The van der Waals surface area contributed by atoms with Gasteiger partial charge in [0, 0.05) is 18.9 Å². The topological polar surface area (TPSA) is 54.4 Å². The smallest absolute Gasteiger partial charge is 0.159 e. The van der Waals surface area contributed by atoms with Gasteiger partial charge in [0.2, 0.25) is 0 Å². The quantitative estimate of drug-likeness (QED) is 0.681. The number of aliphatic hydroxyl groups is 1. The summed E-state index contributed by atoms with van der Waals surface area (Å²) >= 11 is 0. The van der Waals surface area contributed by atoms with Gasteiger partial charge in [0.25, 0.3) is 0 Å². The Morgan fingerprint density at radius 1 is 1.25 bits per heavy atom. The maximum Gasteiger partial charge on any atom is 0.159 e. The second-order valence-electron chi connectivity index (χ2n) is 5.33. The minimum absolute atomic E-state index is 0.0431. The summed E-state index contributed by atoms with van der Waals surface area (Å²) in [4.78, 5) is 22.7. The lowest BCUT2D eigenvalue weighted by Gasteiger charge is -2.47. The third-order valence-corrected chi connectivity index (χ3v) is 3.90. The molecule has 0 radical (unpaired) electrons. The van der Waals surface area contributed by atoms with Crippen LogP contribution in [0.4, 0.5) is 0 Å². The van der Waals surface area contributed by atoms with E-state index in [4.69, 9.17) is 0 Å². The summed E-state index contributed by atoms with van der Waals surface area (Å²) in [5.41, 5.74) is -0.866. The first-order valence-electron chi connectivity index (χ1n) is 5.53. The molecule has 0 amide bonds. The maximum atomic E-state index is 11.5. The van der Waals surface area contributed by atoms with E-state index in [1.165, 1.54) is 12.2 Å². The first-order valence-corrected chi connectivity index (χ1v) is 5.53. The molecule has 2 rings (SSSR count). The summed E-state index contributed by atoms with van der Waals surface area (Å²) in [7, 11) is 0. The van der Waals surface area contributed by atoms with Gasteiger partial charge in [-0.3, -0.25) is 9.59 Å². The van der Waals surface area contributed by atoms with Crippen LogP contribution in [0.25, 0.3) is 0 Å². The number of allylic oxidation sites excluding steroid dienone is 3. The predicted octanol–water partition coefficient (Wildman–Crippen LogP) is 2.33. The third-order valence-electron chi connectivity index (χ3n) is 3.90. The molecule has 1 spiro atoms. The predicted molar refractivity (Wildman–Crippen MR) is 59.9 cm³/mol. The minimum atomic E-state index is -0.533. The van der Waals surface area contributed by atoms with Crippen molar-refractivity contribution >= 4 is 11.6 Å². The van der Waals surface area contributed by atoms with Crippen LogP contribution in [0, 0.1) is 10.8 Å². The first kappa shape index (κ1) is 11.1. The van der Waals surface area contributed by atoms with Crippen molar-refractivity contribution in [1.29, 1.82) is 0 Å². The van der Waals surface area contributed by atoms with Crippen LogP contribution in [0.3, 0.4) is 0 Å². The highest BCUT2D eigenvalue weighted by molar-refractivity contribution is 5.94. The van der Waals surface area contributed by atoms with E-state index in [1.54, 1.807) is 6.08 Å². The Labute approximate surface area is 94.8 Å². The Bertz CT molecular complexity index is 415. The summed E-state index contributed by atoms with van der Waals surface area (Å²) in [6.07, 6.45) is 6.06. The van der Waals surface area contributed by atoms with E-state index in [2.05, 4.69) is 0 Å². The molecule has 0 heterocycles. The molecular formula is C13H16O3. The monoisotopic (exact) mass is 220 g/mol. The van der Waals surface area contributed by atoms with E-state index < -0.39 is 5.41 Å².